The van der Waals surface area contributed by atoms with Crippen LogP contribution in [0.4, 0.5) is 4.79 Å². The molecule has 0 saturated carbocycles. The van der Waals surface area contributed by atoms with E-state index >= 15 is 0 Å². The summed E-state index contributed by atoms with van der Waals surface area (Å²) in [4.78, 5) is 14.3. The molecule has 2 saturated heterocycles. The number of likely N-dealkylation sites (tertiary alicyclic amines) is 1. The Bertz CT molecular complexity index is 544. The maximum Gasteiger partial charge on any atom is 0.487 e. The minimum atomic E-state index is -0.480. The van der Waals surface area contributed by atoms with Crippen molar-refractivity contribution in [2.75, 3.05) is 6.54 Å². The van der Waals surface area contributed by atoms with Gasteiger partial charge < -0.3 is 18.9 Å². The Labute approximate surface area is 153 Å². The highest BCUT2D eigenvalue weighted by Crippen LogP contribution is 2.39. The molecule has 0 aliphatic carbocycles. The van der Waals surface area contributed by atoms with E-state index in [9.17, 15) is 4.79 Å². The van der Waals surface area contributed by atoms with Crippen LogP contribution in [0, 0.1) is 0 Å². The van der Waals surface area contributed by atoms with Crippen molar-refractivity contribution in [2.24, 2.45) is 0 Å². The number of hydrogen-bond donors (Lipinski definition) is 0. The lowest BCUT2D eigenvalue weighted by Crippen LogP contribution is -2.52. The predicted molar refractivity (Wildman–Crippen MR) is 100 cm³/mol. The van der Waals surface area contributed by atoms with Crippen molar-refractivity contribution in [3.05, 3.63) is 11.5 Å². The molecule has 0 aromatic heterocycles. The Balaban J connectivity index is 2.06. The molecule has 6 heteroatoms. The maximum atomic E-state index is 12.5. The van der Waals surface area contributed by atoms with Crippen molar-refractivity contribution in [2.45, 2.75) is 97.5 Å². The molecule has 0 radical (unpaired) electrons. The Morgan fingerprint density at radius 1 is 1.12 bits per heavy atom. The Kier molecular flexibility index (Phi) is 5.12. The van der Waals surface area contributed by atoms with E-state index in [1.807, 2.05) is 25.7 Å². The van der Waals surface area contributed by atoms with Crippen molar-refractivity contribution in [3.63, 3.8) is 0 Å². The maximum absolute atomic E-state index is 12.5. The molecule has 0 bridgehead atoms. The van der Waals surface area contributed by atoms with Crippen LogP contribution in [0.25, 0.3) is 0 Å². The van der Waals surface area contributed by atoms with Gasteiger partial charge in [0.05, 0.1) is 11.2 Å². The summed E-state index contributed by atoms with van der Waals surface area (Å²) in [6, 6.07) is 0. The van der Waals surface area contributed by atoms with Crippen molar-refractivity contribution < 1.29 is 18.8 Å². The van der Waals surface area contributed by atoms with Crippen molar-refractivity contribution in [3.8, 4) is 0 Å². The highest BCUT2D eigenvalue weighted by molar-refractivity contribution is 6.51. The van der Waals surface area contributed by atoms with Gasteiger partial charge in [-0.15, -0.1) is 0 Å². The molecular weight excluding hydrogens is 317 g/mol. The zero-order valence-electron chi connectivity index (χ0n) is 17.4. The van der Waals surface area contributed by atoms with E-state index in [2.05, 4.69) is 47.5 Å². The number of nitrogens with zero attached hydrogens (tertiary/aromatic N) is 1. The lowest BCUT2D eigenvalue weighted by atomic mass is 9.79. The van der Waals surface area contributed by atoms with E-state index in [4.69, 9.17) is 14.0 Å². The first-order chi connectivity index (χ1) is 11.1. The third-order valence-electron chi connectivity index (χ3n) is 5.30. The molecule has 2 rings (SSSR count). The van der Waals surface area contributed by atoms with Gasteiger partial charge in [0, 0.05) is 12.1 Å². The summed E-state index contributed by atoms with van der Waals surface area (Å²) < 4.78 is 17.7. The number of carbonyl (C=O) groups is 1. The van der Waals surface area contributed by atoms with Gasteiger partial charge in [-0.3, -0.25) is 0 Å². The largest absolute Gasteiger partial charge is 0.487 e. The summed E-state index contributed by atoms with van der Waals surface area (Å²) in [6.07, 6.45) is 1.36. The third-order valence-corrected chi connectivity index (χ3v) is 5.30. The Morgan fingerprint density at radius 2 is 1.64 bits per heavy atom. The van der Waals surface area contributed by atoms with E-state index in [1.165, 1.54) is 5.57 Å². The van der Waals surface area contributed by atoms with E-state index in [0.717, 1.165) is 12.8 Å². The van der Waals surface area contributed by atoms with Crippen LogP contribution < -0.4 is 0 Å². The first-order valence-electron chi connectivity index (χ1n) is 9.19. The van der Waals surface area contributed by atoms with Crippen molar-refractivity contribution in [1.82, 2.24) is 4.90 Å². The second-order valence-electron chi connectivity index (χ2n) is 9.82. The molecule has 1 amide bonds. The second kappa shape index (κ2) is 6.31. The minimum Gasteiger partial charge on any atom is -0.444 e. The third kappa shape index (κ3) is 4.59. The highest BCUT2D eigenvalue weighted by atomic mass is 16.7. The summed E-state index contributed by atoms with van der Waals surface area (Å²) in [5, 5.41) is 0. The SMILES string of the molecule is CC(C)(C)OC(=O)N1CC/C(=C/B2OC(C)(C)C(C)(C)O2)CC1(C)C. The molecular formula is C19H34BNO4. The Hall–Kier alpha value is -1.01. The van der Waals surface area contributed by atoms with E-state index in [-0.39, 0.29) is 30.0 Å². The fraction of sp³-hybridized carbons (Fsp3) is 0.842. The summed E-state index contributed by atoms with van der Waals surface area (Å²) in [5.41, 5.74) is -0.173. The molecule has 0 N–H and O–H groups in total. The molecule has 0 unspecified atom stereocenters. The zero-order valence-corrected chi connectivity index (χ0v) is 17.4. The second-order valence-corrected chi connectivity index (χ2v) is 9.82. The van der Waals surface area contributed by atoms with E-state index in [1.54, 1.807) is 0 Å². The van der Waals surface area contributed by atoms with Crippen LogP contribution in [-0.4, -0.2) is 47.0 Å². The molecule has 0 spiro atoms. The van der Waals surface area contributed by atoms with Crippen LogP contribution >= 0.6 is 0 Å². The van der Waals surface area contributed by atoms with Crippen LogP contribution in [-0.2, 0) is 14.0 Å². The summed E-state index contributed by atoms with van der Waals surface area (Å²) in [5.74, 6) is 2.09. The lowest BCUT2D eigenvalue weighted by molar-refractivity contribution is -0.000958. The minimum absolute atomic E-state index is 0.243. The monoisotopic (exact) mass is 351 g/mol. The first-order valence-corrected chi connectivity index (χ1v) is 9.19. The van der Waals surface area contributed by atoms with Crippen LogP contribution in [0.3, 0.4) is 0 Å². The van der Waals surface area contributed by atoms with Gasteiger partial charge in [-0.1, -0.05) is 11.5 Å². The molecule has 0 atom stereocenters. The predicted octanol–water partition coefficient (Wildman–Crippen LogP) is 4.35. The number of piperidine rings is 1. The van der Waals surface area contributed by atoms with Gasteiger partial charge in [0.2, 0.25) is 0 Å². The molecule has 25 heavy (non-hydrogen) atoms. The molecule has 2 aliphatic rings. The number of hydrogen-bond acceptors (Lipinski definition) is 4. The van der Waals surface area contributed by atoms with E-state index in [0.29, 0.717) is 6.54 Å². The van der Waals surface area contributed by atoms with Crippen molar-refractivity contribution >= 4 is 13.2 Å². The molecule has 2 aliphatic heterocycles. The average molecular weight is 351 g/mol. The average Bonchev–Trinajstić information content (AvgIpc) is 2.53. The number of amides is 1. The molecule has 0 aromatic rings. The van der Waals surface area contributed by atoms with E-state index < -0.39 is 5.60 Å². The summed E-state index contributed by atoms with van der Waals surface area (Å²) >= 11 is 0. The van der Waals surface area contributed by atoms with Crippen LogP contribution in [0.1, 0.15) is 75.2 Å². The van der Waals surface area contributed by atoms with Gasteiger partial charge >= 0.3 is 13.2 Å². The van der Waals surface area contributed by atoms with Crippen LogP contribution in [0.5, 0.6) is 0 Å². The van der Waals surface area contributed by atoms with Gasteiger partial charge in [-0.25, -0.2) is 4.79 Å². The molecule has 142 valence electrons. The number of ether oxygens (including phenoxy) is 1. The van der Waals surface area contributed by atoms with Gasteiger partial charge in [0.1, 0.15) is 5.60 Å². The van der Waals surface area contributed by atoms with Crippen LogP contribution in [0.2, 0.25) is 0 Å². The molecule has 2 fully saturated rings. The van der Waals surface area contributed by atoms with Crippen molar-refractivity contribution in [1.29, 1.82) is 0 Å². The zero-order chi connectivity index (χ0) is 19.3. The van der Waals surface area contributed by atoms with Crippen LogP contribution in [0.15, 0.2) is 11.5 Å². The fourth-order valence-corrected chi connectivity index (χ4v) is 3.24. The first kappa shape index (κ1) is 20.3. The quantitative estimate of drug-likeness (QED) is 0.659. The lowest BCUT2D eigenvalue weighted by Gasteiger charge is -2.43. The number of carbonyl (C=O) groups excluding carboxylic acids is 1. The standard InChI is InChI=1S/C19H34BNO4/c1-16(2,3)23-15(22)21-11-10-14(12-17(21,4)5)13-20-24-18(6,7)19(8,9)25-20/h13H,10-12H2,1-9H3/b14-13-. The smallest absolute Gasteiger partial charge is 0.444 e. The topological polar surface area (TPSA) is 48.0 Å². The Morgan fingerprint density at radius 3 is 2.08 bits per heavy atom. The normalized spacial score (nSPS) is 26.8. The molecule has 5 nitrogen and oxygen atoms in total. The van der Waals surface area contributed by atoms with Gasteiger partial charge in [0.25, 0.3) is 0 Å². The summed E-state index contributed by atoms with van der Waals surface area (Å²) in [6.45, 7) is 18.7. The highest BCUT2D eigenvalue weighted by Gasteiger charge is 2.50. The molecule has 2 heterocycles. The van der Waals surface area contributed by atoms with Gasteiger partial charge in [-0.2, -0.15) is 0 Å². The van der Waals surface area contributed by atoms with Gasteiger partial charge in [-0.05, 0) is 75.2 Å². The fourth-order valence-electron chi connectivity index (χ4n) is 3.24. The van der Waals surface area contributed by atoms with Gasteiger partial charge in [0.15, 0.2) is 0 Å². The summed E-state index contributed by atoms with van der Waals surface area (Å²) in [7, 11) is -0.330. The molecule has 0 aromatic carbocycles. The number of rotatable bonds is 1.